The van der Waals surface area contributed by atoms with E-state index in [1.165, 1.54) is 31.3 Å². The van der Waals surface area contributed by atoms with E-state index in [9.17, 15) is 4.79 Å². The maximum atomic E-state index is 12.0. The van der Waals surface area contributed by atoms with Gasteiger partial charge >= 0.3 is 0 Å². The first-order valence-electron chi connectivity index (χ1n) is 7.21. The Balaban J connectivity index is 2.09. The second kappa shape index (κ2) is 6.10. The van der Waals surface area contributed by atoms with Crippen molar-refractivity contribution >= 4 is 5.91 Å². The highest BCUT2D eigenvalue weighted by molar-refractivity contribution is 5.93. The normalized spacial score (nSPS) is 29.7. The Morgan fingerprint density at radius 3 is 3.05 bits per heavy atom. The predicted octanol–water partition coefficient (Wildman–Crippen LogP) is 3.06. The average molecular weight is 257 g/mol. The minimum absolute atomic E-state index is 0.0692. The Kier molecular flexibility index (Phi) is 4.47. The number of carbonyl (C=O) groups excluding carboxylic acids is 1. The van der Waals surface area contributed by atoms with Crippen LogP contribution in [0.2, 0.25) is 0 Å². The number of hydrogen-bond donors (Lipinski definition) is 1. The van der Waals surface area contributed by atoms with Gasteiger partial charge in [-0.25, -0.2) is 0 Å². The molecule has 1 N–H and O–H groups in total. The van der Waals surface area contributed by atoms with Gasteiger partial charge in [0, 0.05) is 5.57 Å². The van der Waals surface area contributed by atoms with Crippen molar-refractivity contribution in [3.05, 3.63) is 23.8 Å². The standard InChI is InChI=1S/C17H23NO/c1-4-10-18-17(19)13(3)15-7-5-6-14-9-8-12(2)11-16(14)15/h1,11,14-16H,3,5-10H2,2H3,(H,18,19)/t14?,15-,16?/m0/s1. The van der Waals surface area contributed by atoms with Gasteiger partial charge in [0.15, 0.2) is 0 Å². The second-order valence-electron chi connectivity index (χ2n) is 5.84. The van der Waals surface area contributed by atoms with Crippen molar-refractivity contribution in [2.24, 2.45) is 17.8 Å². The Labute approximate surface area is 116 Å². The Morgan fingerprint density at radius 2 is 2.32 bits per heavy atom. The summed E-state index contributed by atoms with van der Waals surface area (Å²) < 4.78 is 0. The van der Waals surface area contributed by atoms with E-state index in [2.05, 4.69) is 30.8 Å². The minimum Gasteiger partial charge on any atom is -0.341 e. The number of allylic oxidation sites excluding steroid dienone is 2. The lowest BCUT2D eigenvalue weighted by Crippen LogP contribution is -2.36. The highest BCUT2D eigenvalue weighted by Crippen LogP contribution is 2.44. The molecule has 0 aromatic heterocycles. The molecule has 0 aromatic carbocycles. The Hall–Kier alpha value is -1.49. The molecule has 2 aliphatic carbocycles. The van der Waals surface area contributed by atoms with Crippen molar-refractivity contribution in [3.63, 3.8) is 0 Å². The molecule has 2 nitrogen and oxygen atoms in total. The maximum absolute atomic E-state index is 12.0. The zero-order valence-electron chi connectivity index (χ0n) is 11.7. The van der Waals surface area contributed by atoms with Gasteiger partial charge in [-0.1, -0.05) is 30.6 Å². The summed E-state index contributed by atoms with van der Waals surface area (Å²) in [6, 6.07) is 0. The molecule has 19 heavy (non-hydrogen) atoms. The zero-order valence-corrected chi connectivity index (χ0v) is 11.7. The van der Waals surface area contributed by atoms with Gasteiger partial charge < -0.3 is 5.32 Å². The first kappa shape index (κ1) is 13.9. The number of fused-ring (bicyclic) bond motifs is 1. The van der Waals surface area contributed by atoms with Gasteiger partial charge in [0.25, 0.3) is 0 Å². The molecule has 1 amide bonds. The molecule has 2 heteroatoms. The average Bonchev–Trinajstić information content (AvgIpc) is 2.43. The van der Waals surface area contributed by atoms with Gasteiger partial charge in [-0.2, -0.15) is 0 Å². The number of nitrogens with one attached hydrogen (secondary N) is 1. The molecule has 0 spiro atoms. The number of rotatable bonds is 3. The van der Waals surface area contributed by atoms with Crippen molar-refractivity contribution in [1.29, 1.82) is 0 Å². The summed E-state index contributed by atoms with van der Waals surface area (Å²) >= 11 is 0. The summed E-state index contributed by atoms with van der Waals surface area (Å²) in [6.07, 6.45) is 13.6. The Bertz CT molecular complexity index is 441. The van der Waals surface area contributed by atoms with Crippen molar-refractivity contribution < 1.29 is 4.79 Å². The molecule has 3 atom stereocenters. The molecule has 1 fully saturated rings. The topological polar surface area (TPSA) is 29.1 Å². The minimum atomic E-state index is -0.0692. The summed E-state index contributed by atoms with van der Waals surface area (Å²) in [5.74, 6) is 3.91. The molecular formula is C17H23NO. The number of carbonyl (C=O) groups is 1. The fourth-order valence-electron chi connectivity index (χ4n) is 3.55. The lowest BCUT2D eigenvalue weighted by Gasteiger charge is -2.40. The molecule has 2 rings (SSSR count). The molecule has 0 radical (unpaired) electrons. The van der Waals surface area contributed by atoms with Crippen molar-refractivity contribution in [3.8, 4) is 12.3 Å². The fraction of sp³-hybridized carbons (Fsp3) is 0.588. The predicted molar refractivity (Wildman–Crippen MR) is 78.3 cm³/mol. The van der Waals surface area contributed by atoms with Gasteiger partial charge in [0.2, 0.25) is 5.91 Å². The van der Waals surface area contributed by atoms with Crippen LogP contribution < -0.4 is 5.32 Å². The monoisotopic (exact) mass is 257 g/mol. The first-order chi connectivity index (χ1) is 9.13. The summed E-state index contributed by atoms with van der Waals surface area (Å²) in [4.78, 5) is 12.0. The molecule has 102 valence electrons. The second-order valence-corrected chi connectivity index (χ2v) is 5.84. The van der Waals surface area contributed by atoms with Crippen LogP contribution >= 0.6 is 0 Å². The van der Waals surface area contributed by atoms with E-state index < -0.39 is 0 Å². The van der Waals surface area contributed by atoms with E-state index in [4.69, 9.17) is 6.42 Å². The third-order valence-electron chi connectivity index (χ3n) is 4.58. The SMILES string of the molecule is C#CCNC(=O)C(=C)[C@@H]1CCCC2CCC(C)=CC21. The van der Waals surface area contributed by atoms with Crippen LogP contribution in [0.3, 0.4) is 0 Å². The summed E-state index contributed by atoms with van der Waals surface area (Å²) in [5, 5.41) is 2.74. The van der Waals surface area contributed by atoms with Gasteiger partial charge in [0.1, 0.15) is 0 Å². The number of terminal acetylenes is 1. The van der Waals surface area contributed by atoms with E-state index in [0.29, 0.717) is 11.8 Å². The first-order valence-corrected chi connectivity index (χ1v) is 7.21. The van der Waals surface area contributed by atoms with E-state index >= 15 is 0 Å². The molecule has 1 saturated carbocycles. The summed E-state index contributed by atoms with van der Waals surface area (Å²) in [5.41, 5.74) is 2.18. The fourth-order valence-corrected chi connectivity index (χ4v) is 3.55. The molecule has 0 aromatic rings. The van der Waals surface area contributed by atoms with E-state index in [1.807, 2.05) is 0 Å². The van der Waals surface area contributed by atoms with Crippen LogP contribution in [-0.2, 0) is 4.79 Å². The van der Waals surface area contributed by atoms with E-state index in [0.717, 1.165) is 17.9 Å². The molecular weight excluding hydrogens is 234 g/mol. The third-order valence-corrected chi connectivity index (χ3v) is 4.58. The lowest BCUT2D eigenvalue weighted by atomic mass is 9.65. The van der Waals surface area contributed by atoms with Gasteiger partial charge in [-0.15, -0.1) is 6.42 Å². The van der Waals surface area contributed by atoms with Crippen molar-refractivity contribution in [1.82, 2.24) is 5.32 Å². The van der Waals surface area contributed by atoms with Crippen LogP contribution in [0.5, 0.6) is 0 Å². The molecule has 0 heterocycles. The van der Waals surface area contributed by atoms with E-state index in [-0.39, 0.29) is 12.5 Å². The van der Waals surface area contributed by atoms with E-state index in [1.54, 1.807) is 0 Å². The zero-order chi connectivity index (χ0) is 13.8. The Morgan fingerprint density at radius 1 is 1.53 bits per heavy atom. The van der Waals surface area contributed by atoms with Crippen LogP contribution in [0.25, 0.3) is 0 Å². The lowest BCUT2D eigenvalue weighted by molar-refractivity contribution is -0.118. The largest absolute Gasteiger partial charge is 0.341 e. The van der Waals surface area contributed by atoms with Crippen molar-refractivity contribution in [2.45, 2.75) is 39.0 Å². The third kappa shape index (κ3) is 3.10. The highest BCUT2D eigenvalue weighted by atomic mass is 16.1. The molecule has 2 aliphatic rings. The number of hydrogen-bond acceptors (Lipinski definition) is 1. The molecule has 0 bridgehead atoms. The van der Waals surface area contributed by atoms with Crippen LogP contribution in [0.15, 0.2) is 23.8 Å². The van der Waals surface area contributed by atoms with Crippen LogP contribution in [0, 0.1) is 30.1 Å². The van der Waals surface area contributed by atoms with Gasteiger partial charge in [0.05, 0.1) is 6.54 Å². The summed E-state index contributed by atoms with van der Waals surface area (Å²) in [6.45, 7) is 6.52. The van der Waals surface area contributed by atoms with Crippen LogP contribution in [0.1, 0.15) is 39.0 Å². The molecule has 0 saturated heterocycles. The van der Waals surface area contributed by atoms with Crippen LogP contribution in [0.4, 0.5) is 0 Å². The molecule has 0 aliphatic heterocycles. The van der Waals surface area contributed by atoms with Gasteiger partial charge in [-0.3, -0.25) is 4.79 Å². The summed E-state index contributed by atoms with van der Waals surface area (Å²) in [7, 11) is 0. The smallest absolute Gasteiger partial charge is 0.247 e. The quantitative estimate of drug-likeness (QED) is 0.470. The number of amides is 1. The molecule has 2 unspecified atom stereocenters. The van der Waals surface area contributed by atoms with Crippen LogP contribution in [-0.4, -0.2) is 12.5 Å². The van der Waals surface area contributed by atoms with Gasteiger partial charge in [-0.05, 0) is 50.4 Å². The van der Waals surface area contributed by atoms with Crippen molar-refractivity contribution in [2.75, 3.05) is 6.54 Å². The maximum Gasteiger partial charge on any atom is 0.247 e. The highest BCUT2D eigenvalue weighted by Gasteiger charge is 2.36.